The molecule has 0 aliphatic rings. The van der Waals surface area contributed by atoms with Crippen molar-refractivity contribution >= 4 is 33.3 Å². The highest BCUT2D eigenvalue weighted by molar-refractivity contribution is 7.89. The third kappa shape index (κ3) is 6.16. The van der Waals surface area contributed by atoms with Crippen LogP contribution < -0.4 is 4.72 Å². The third-order valence-corrected chi connectivity index (χ3v) is 5.73. The largest absolute Gasteiger partial charge is 0.344 e. The summed E-state index contributed by atoms with van der Waals surface area (Å²) in [6.45, 7) is 1.52. The molecule has 8 heteroatoms. The topological polar surface area (TPSA) is 83.5 Å². The smallest absolute Gasteiger partial charge is 0.241 e. The summed E-state index contributed by atoms with van der Waals surface area (Å²) in [4.78, 5) is 24.9. The predicted molar refractivity (Wildman–Crippen MR) is 104 cm³/mol. The molecule has 1 N–H and O–H groups in total. The van der Waals surface area contributed by atoms with Gasteiger partial charge in [-0.05, 0) is 43.2 Å². The summed E-state index contributed by atoms with van der Waals surface area (Å²) >= 11 is 5.84. The SMILES string of the molecule is CC(=O)c1ccc(S(=O)(=O)NCC(=O)N(C)CCc2ccc(Cl)cc2)cc1. The molecule has 0 radical (unpaired) electrons. The minimum Gasteiger partial charge on any atom is -0.344 e. The van der Waals surface area contributed by atoms with E-state index in [4.69, 9.17) is 11.6 Å². The van der Waals surface area contributed by atoms with Gasteiger partial charge < -0.3 is 4.90 Å². The van der Waals surface area contributed by atoms with Crippen LogP contribution in [-0.4, -0.2) is 45.1 Å². The van der Waals surface area contributed by atoms with Crippen LogP contribution in [0.3, 0.4) is 0 Å². The van der Waals surface area contributed by atoms with E-state index in [2.05, 4.69) is 4.72 Å². The molecule has 0 bridgehead atoms. The third-order valence-electron chi connectivity index (χ3n) is 4.06. The van der Waals surface area contributed by atoms with E-state index in [0.29, 0.717) is 23.6 Å². The summed E-state index contributed by atoms with van der Waals surface area (Å²) in [5, 5.41) is 0.647. The summed E-state index contributed by atoms with van der Waals surface area (Å²) in [5.74, 6) is -0.489. The van der Waals surface area contributed by atoms with Crippen LogP contribution in [0, 0.1) is 0 Å². The Morgan fingerprint density at radius 2 is 1.63 bits per heavy atom. The number of amides is 1. The Labute approximate surface area is 164 Å². The molecule has 0 saturated heterocycles. The van der Waals surface area contributed by atoms with Crippen molar-refractivity contribution in [1.29, 1.82) is 0 Å². The van der Waals surface area contributed by atoms with Gasteiger partial charge in [0.2, 0.25) is 15.9 Å². The molecule has 0 aromatic heterocycles. The summed E-state index contributed by atoms with van der Waals surface area (Å²) in [7, 11) is -2.21. The van der Waals surface area contributed by atoms with Crippen LogP contribution in [0.25, 0.3) is 0 Å². The number of sulfonamides is 1. The number of carbonyl (C=O) groups is 2. The van der Waals surface area contributed by atoms with Gasteiger partial charge in [0.05, 0.1) is 11.4 Å². The lowest BCUT2D eigenvalue weighted by Crippen LogP contribution is -2.38. The Morgan fingerprint density at radius 1 is 1.04 bits per heavy atom. The molecule has 144 valence electrons. The van der Waals surface area contributed by atoms with Gasteiger partial charge in [0.25, 0.3) is 0 Å². The van der Waals surface area contributed by atoms with Crippen LogP contribution in [0.1, 0.15) is 22.8 Å². The number of hydrogen-bond donors (Lipinski definition) is 1. The molecule has 0 spiro atoms. The molecular formula is C19H21ClN2O4S. The maximum atomic E-state index is 12.3. The number of nitrogens with one attached hydrogen (secondary N) is 1. The Kier molecular flexibility index (Phi) is 7.12. The summed E-state index contributed by atoms with van der Waals surface area (Å²) in [6.07, 6.45) is 0.638. The second-order valence-electron chi connectivity index (χ2n) is 6.10. The van der Waals surface area contributed by atoms with E-state index in [1.54, 1.807) is 19.2 Å². The maximum Gasteiger partial charge on any atom is 0.241 e. The molecule has 2 aromatic rings. The molecular weight excluding hydrogens is 388 g/mol. The van der Waals surface area contributed by atoms with Gasteiger partial charge in [-0.15, -0.1) is 0 Å². The van der Waals surface area contributed by atoms with Crippen LogP contribution in [0.4, 0.5) is 0 Å². The molecule has 27 heavy (non-hydrogen) atoms. The number of hydrogen-bond acceptors (Lipinski definition) is 4. The van der Waals surface area contributed by atoms with E-state index in [1.165, 1.54) is 36.1 Å². The minimum atomic E-state index is -3.83. The average Bonchev–Trinajstić information content (AvgIpc) is 2.65. The zero-order valence-corrected chi connectivity index (χ0v) is 16.7. The molecule has 6 nitrogen and oxygen atoms in total. The number of nitrogens with zero attached hydrogens (tertiary/aromatic N) is 1. The number of Topliss-reactive ketones (excluding diaryl/α,β-unsaturated/α-hetero) is 1. The van der Waals surface area contributed by atoms with Crippen LogP contribution in [-0.2, 0) is 21.2 Å². The van der Waals surface area contributed by atoms with E-state index in [9.17, 15) is 18.0 Å². The molecule has 0 saturated carbocycles. The monoisotopic (exact) mass is 408 g/mol. The summed E-state index contributed by atoms with van der Waals surface area (Å²) < 4.78 is 26.8. The summed E-state index contributed by atoms with van der Waals surface area (Å²) in [5.41, 5.74) is 1.46. The lowest BCUT2D eigenvalue weighted by molar-refractivity contribution is -0.128. The highest BCUT2D eigenvalue weighted by Crippen LogP contribution is 2.12. The Balaban J connectivity index is 1.88. The quantitative estimate of drug-likeness (QED) is 0.680. The lowest BCUT2D eigenvalue weighted by atomic mass is 10.1. The van der Waals surface area contributed by atoms with Gasteiger partial charge in [-0.25, -0.2) is 13.1 Å². The van der Waals surface area contributed by atoms with Crippen molar-refractivity contribution in [3.63, 3.8) is 0 Å². The van der Waals surface area contributed by atoms with Gasteiger partial charge in [0.1, 0.15) is 0 Å². The molecule has 1 amide bonds. The summed E-state index contributed by atoms with van der Waals surface area (Å²) in [6, 6.07) is 12.9. The van der Waals surface area contributed by atoms with Gasteiger partial charge >= 0.3 is 0 Å². The van der Waals surface area contributed by atoms with Crippen LogP contribution in [0.5, 0.6) is 0 Å². The van der Waals surface area contributed by atoms with E-state index in [1.807, 2.05) is 12.1 Å². The molecule has 0 aliphatic carbocycles. The minimum absolute atomic E-state index is 0.00381. The van der Waals surface area contributed by atoms with E-state index in [0.717, 1.165) is 5.56 Å². The Bertz CT molecular complexity index is 910. The van der Waals surface area contributed by atoms with Crippen molar-refractivity contribution in [3.05, 3.63) is 64.7 Å². The van der Waals surface area contributed by atoms with Crippen LogP contribution in [0.2, 0.25) is 5.02 Å². The highest BCUT2D eigenvalue weighted by atomic mass is 35.5. The van der Waals surface area contributed by atoms with Crippen molar-refractivity contribution in [2.75, 3.05) is 20.1 Å². The van der Waals surface area contributed by atoms with Crippen LogP contribution >= 0.6 is 11.6 Å². The van der Waals surface area contributed by atoms with Gasteiger partial charge in [0, 0.05) is 24.2 Å². The number of benzene rings is 2. The van der Waals surface area contributed by atoms with E-state index >= 15 is 0 Å². The molecule has 0 unspecified atom stereocenters. The van der Waals surface area contributed by atoms with Gasteiger partial charge in [0.15, 0.2) is 5.78 Å². The first kappa shape index (κ1) is 21.1. The zero-order chi connectivity index (χ0) is 20.0. The standard InChI is InChI=1S/C19H21ClN2O4S/c1-14(23)16-5-9-18(10-6-16)27(25,26)21-13-19(24)22(2)12-11-15-3-7-17(20)8-4-15/h3-10,21H,11-13H2,1-2H3. The number of ketones is 1. The van der Waals surface area contributed by atoms with E-state index < -0.39 is 10.0 Å². The predicted octanol–water partition coefficient (Wildman–Crippen LogP) is 2.52. The maximum absolute atomic E-state index is 12.3. The van der Waals surface area contributed by atoms with Crippen molar-refractivity contribution in [2.45, 2.75) is 18.2 Å². The lowest BCUT2D eigenvalue weighted by Gasteiger charge is -2.17. The van der Waals surface area contributed by atoms with Crippen molar-refractivity contribution in [1.82, 2.24) is 9.62 Å². The molecule has 2 rings (SSSR count). The van der Waals surface area contributed by atoms with Gasteiger partial charge in [-0.3, -0.25) is 9.59 Å². The number of halogens is 1. The number of carbonyl (C=O) groups excluding carboxylic acids is 2. The first-order valence-electron chi connectivity index (χ1n) is 8.28. The van der Waals surface area contributed by atoms with Crippen molar-refractivity contribution < 1.29 is 18.0 Å². The fourth-order valence-corrected chi connectivity index (χ4v) is 3.42. The molecule has 0 fully saturated rings. The second kappa shape index (κ2) is 9.12. The highest BCUT2D eigenvalue weighted by Gasteiger charge is 2.17. The number of rotatable bonds is 8. The van der Waals surface area contributed by atoms with Crippen molar-refractivity contribution in [2.24, 2.45) is 0 Å². The van der Waals surface area contributed by atoms with Crippen molar-refractivity contribution in [3.8, 4) is 0 Å². The average molecular weight is 409 g/mol. The first-order valence-corrected chi connectivity index (χ1v) is 10.1. The molecule has 2 aromatic carbocycles. The first-order chi connectivity index (χ1) is 12.7. The van der Waals surface area contributed by atoms with Gasteiger partial charge in [-0.2, -0.15) is 0 Å². The second-order valence-corrected chi connectivity index (χ2v) is 8.30. The number of likely N-dealkylation sites (N-methyl/N-ethyl adjacent to an activating group) is 1. The van der Waals surface area contributed by atoms with Crippen LogP contribution in [0.15, 0.2) is 53.4 Å². The molecule has 0 heterocycles. The Morgan fingerprint density at radius 3 is 2.19 bits per heavy atom. The Hall–Kier alpha value is -2.22. The fraction of sp³-hybridized carbons (Fsp3) is 0.263. The molecule has 0 aliphatic heterocycles. The molecule has 0 atom stereocenters. The normalized spacial score (nSPS) is 11.2. The van der Waals surface area contributed by atoms with Gasteiger partial charge in [-0.1, -0.05) is 35.9 Å². The van der Waals surface area contributed by atoms with E-state index in [-0.39, 0.29) is 23.1 Å². The fourth-order valence-electron chi connectivity index (χ4n) is 2.32. The zero-order valence-electron chi connectivity index (χ0n) is 15.1.